The molecule has 0 atom stereocenters. The molecule has 1 heterocycles. The summed E-state index contributed by atoms with van der Waals surface area (Å²) in [6.45, 7) is 4.18. The summed E-state index contributed by atoms with van der Waals surface area (Å²) in [4.78, 5) is 14.7. The maximum atomic E-state index is 12.5. The normalized spacial score (nSPS) is 14.6. The number of carbonyl (C=O) groups is 1. The van der Waals surface area contributed by atoms with E-state index in [2.05, 4.69) is 28.5 Å². The standard InChI is InChI=1S/C27H31N3O3/c1-20-6-5-7-21(19-31)27(20)29-23-14-16-30(17-15-23)18-26(32)28-22-10-12-25(13-11-22)33-24-8-3-2-4-9-24/h2-13,23,29,31H,14-19H2,1H3,(H,28,32). The molecule has 0 bridgehead atoms. The van der Waals surface area contributed by atoms with Crippen molar-refractivity contribution >= 4 is 17.3 Å². The van der Waals surface area contributed by atoms with Crippen LogP contribution in [0.15, 0.2) is 72.8 Å². The minimum Gasteiger partial charge on any atom is -0.457 e. The Morgan fingerprint density at radius 3 is 2.36 bits per heavy atom. The first kappa shape index (κ1) is 22.8. The number of piperidine rings is 1. The fourth-order valence-corrected chi connectivity index (χ4v) is 4.14. The van der Waals surface area contributed by atoms with E-state index < -0.39 is 0 Å². The van der Waals surface area contributed by atoms with Gasteiger partial charge in [-0.1, -0.05) is 36.4 Å². The van der Waals surface area contributed by atoms with Crippen LogP contribution in [-0.4, -0.2) is 41.6 Å². The Morgan fingerprint density at radius 2 is 1.67 bits per heavy atom. The number of aliphatic hydroxyl groups is 1. The molecule has 3 aromatic carbocycles. The summed E-state index contributed by atoms with van der Waals surface area (Å²) < 4.78 is 5.79. The molecule has 4 rings (SSSR count). The molecule has 1 fully saturated rings. The van der Waals surface area contributed by atoms with Gasteiger partial charge in [0.1, 0.15) is 11.5 Å². The fraction of sp³-hybridized carbons (Fsp3) is 0.296. The van der Waals surface area contributed by atoms with Gasteiger partial charge in [0.25, 0.3) is 0 Å². The maximum absolute atomic E-state index is 12.5. The lowest BCUT2D eigenvalue weighted by molar-refractivity contribution is -0.117. The number of aliphatic hydroxyl groups excluding tert-OH is 1. The molecule has 0 aromatic heterocycles. The van der Waals surface area contributed by atoms with E-state index in [1.54, 1.807) is 0 Å². The summed E-state index contributed by atoms with van der Waals surface area (Å²) in [5.74, 6) is 1.49. The number of amides is 1. The van der Waals surface area contributed by atoms with E-state index in [4.69, 9.17) is 4.74 Å². The van der Waals surface area contributed by atoms with Crippen molar-refractivity contribution in [2.24, 2.45) is 0 Å². The van der Waals surface area contributed by atoms with E-state index in [0.29, 0.717) is 12.6 Å². The minimum atomic E-state index is -0.0143. The van der Waals surface area contributed by atoms with Crippen LogP contribution < -0.4 is 15.4 Å². The number of rotatable bonds is 8. The van der Waals surface area contributed by atoms with Crippen LogP contribution >= 0.6 is 0 Å². The van der Waals surface area contributed by atoms with Crippen LogP contribution in [0.4, 0.5) is 11.4 Å². The van der Waals surface area contributed by atoms with Gasteiger partial charge in [-0.25, -0.2) is 0 Å². The molecule has 1 saturated heterocycles. The number of anilines is 2. The van der Waals surface area contributed by atoms with E-state index in [0.717, 1.165) is 59.9 Å². The lowest BCUT2D eigenvalue weighted by Crippen LogP contribution is -2.42. The van der Waals surface area contributed by atoms with Gasteiger partial charge in [0.15, 0.2) is 0 Å². The second-order valence-electron chi connectivity index (χ2n) is 8.45. The molecule has 172 valence electrons. The first-order valence-corrected chi connectivity index (χ1v) is 11.4. The molecule has 0 aliphatic carbocycles. The van der Waals surface area contributed by atoms with Gasteiger partial charge in [0.2, 0.25) is 5.91 Å². The predicted molar refractivity (Wildman–Crippen MR) is 132 cm³/mol. The Morgan fingerprint density at radius 1 is 0.970 bits per heavy atom. The number of ether oxygens (including phenoxy) is 1. The molecular weight excluding hydrogens is 414 g/mol. The molecule has 0 saturated carbocycles. The zero-order valence-corrected chi connectivity index (χ0v) is 19.0. The number of para-hydroxylation sites is 2. The Kier molecular flexibility index (Phi) is 7.60. The number of nitrogens with zero attached hydrogens (tertiary/aromatic N) is 1. The molecule has 1 amide bonds. The summed E-state index contributed by atoms with van der Waals surface area (Å²) in [6, 6.07) is 23.3. The second-order valence-corrected chi connectivity index (χ2v) is 8.45. The highest BCUT2D eigenvalue weighted by Crippen LogP contribution is 2.25. The number of likely N-dealkylation sites (tertiary alicyclic amines) is 1. The molecule has 3 N–H and O–H groups in total. The Hall–Kier alpha value is -3.35. The Labute approximate surface area is 195 Å². The number of benzene rings is 3. The molecule has 33 heavy (non-hydrogen) atoms. The van der Waals surface area contributed by atoms with Crippen molar-refractivity contribution in [3.63, 3.8) is 0 Å². The first-order valence-electron chi connectivity index (χ1n) is 11.4. The van der Waals surface area contributed by atoms with Crippen molar-refractivity contribution in [1.82, 2.24) is 4.90 Å². The van der Waals surface area contributed by atoms with Crippen LogP contribution in [0.3, 0.4) is 0 Å². The number of aryl methyl sites for hydroxylation is 1. The number of hydrogen-bond acceptors (Lipinski definition) is 5. The summed E-state index contributed by atoms with van der Waals surface area (Å²) in [7, 11) is 0. The van der Waals surface area contributed by atoms with Gasteiger partial charge >= 0.3 is 0 Å². The van der Waals surface area contributed by atoms with E-state index in [1.165, 1.54) is 0 Å². The number of carbonyl (C=O) groups excluding carboxylic acids is 1. The van der Waals surface area contributed by atoms with Crippen LogP contribution in [0.5, 0.6) is 11.5 Å². The van der Waals surface area contributed by atoms with Gasteiger partial charge in [-0.15, -0.1) is 0 Å². The molecule has 0 unspecified atom stereocenters. The average Bonchev–Trinajstić information content (AvgIpc) is 2.83. The third-order valence-electron chi connectivity index (χ3n) is 5.95. The number of nitrogens with one attached hydrogen (secondary N) is 2. The van der Waals surface area contributed by atoms with Crippen LogP contribution in [0.25, 0.3) is 0 Å². The second kappa shape index (κ2) is 11.0. The fourth-order valence-electron chi connectivity index (χ4n) is 4.14. The van der Waals surface area contributed by atoms with Crippen molar-refractivity contribution in [3.05, 3.63) is 83.9 Å². The molecular formula is C27H31N3O3. The molecule has 1 aliphatic rings. The lowest BCUT2D eigenvalue weighted by atomic mass is 10.0. The molecule has 0 spiro atoms. The molecule has 3 aromatic rings. The molecule has 6 nitrogen and oxygen atoms in total. The maximum Gasteiger partial charge on any atom is 0.238 e. The van der Waals surface area contributed by atoms with Crippen molar-refractivity contribution < 1.29 is 14.6 Å². The highest BCUT2D eigenvalue weighted by Gasteiger charge is 2.22. The van der Waals surface area contributed by atoms with Gasteiger partial charge < -0.3 is 20.5 Å². The molecule has 0 radical (unpaired) electrons. The summed E-state index contributed by atoms with van der Waals surface area (Å²) in [5.41, 5.74) is 3.87. The predicted octanol–water partition coefficient (Wildman–Crippen LogP) is 4.79. The lowest BCUT2D eigenvalue weighted by Gasteiger charge is -2.33. The van der Waals surface area contributed by atoms with Crippen molar-refractivity contribution in [3.8, 4) is 11.5 Å². The van der Waals surface area contributed by atoms with E-state index in [1.807, 2.05) is 66.7 Å². The van der Waals surface area contributed by atoms with Crippen molar-refractivity contribution in [2.75, 3.05) is 30.3 Å². The largest absolute Gasteiger partial charge is 0.457 e. The monoisotopic (exact) mass is 445 g/mol. The minimum absolute atomic E-state index is 0.0143. The van der Waals surface area contributed by atoms with E-state index in [-0.39, 0.29) is 12.5 Å². The van der Waals surface area contributed by atoms with E-state index in [9.17, 15) is 9.90 Å². The quantitative estimate of drug-likeness (QED) is 0.465. The van der Waals surface area contributed by atoms with Gasteiger partial charge in [-0.2, -0.15) is 0 Å². The van der Waals surface area contributed by atoms with Gasteiger partial charge in [0, 0.05) is 36.1 Å². The van der Waals surface area contributed by atoms with Gasteiger partial charge in [-0.3, -0.25) is 9.69 Å². The van der Waals surface area contributed by atoms with E-state index >= 15 is 0 Å². The third kappa shape index (κ3) is 6.34. The zero-order chi connectivity index (χ0) is 23.0. The van der Waals surface area contributed by atoms with Crippen LogP contribution in [0.1, 0.15) is 24.0 Å². The first-order chi connectivity index (χ1) is 16.1. The number of hydrogen-bond donors (Lipinski definition) is 3. The highest BCUT2D eigenvalue weighted by atomic mass is 16.5. The summed E-state index contributed by atoms with van der Waals surface area (Å²) in [5, 5.41) is 16.2. The molecule has 1 aliphatic heterocycles. The van der Waals surface area contributed by atoms with Crippen LogP contribution in [-0.2, 0) is 11.4 Å². The van der Waals surface area contributed by atoms with Gasteiger partial charge in [-0.05, 0) is 61.7 Å². The van der Waals surface area contributed by atoms with Crippen LogP contribution in [0.2, 0.25) is 0 Å². The SMILES string of the molecule is Cc1cccc(CO)c1NC1CCN(CC(=O)Nc2ccc(Oc3ccccc3)cc2)CC1. The Balaban J connectivity index is 1.23. The Bertz CT molecular complexity index is 1050. The van der Waals surface area contributed by atoms with Gasteiger partial charge in [0.05, 0.1) is 13.2 Å². The molecule has 6 heteroatoms. The zero-order valence-electron chi connectivity index (χ0n) is 19.0. The highest BCUT2D eigenvalue weighted by molar-refractivity contribution is 5.92. The smallest absolute Gasteiger partial charge is 0.238 e. The topological polar surface area (TPSA) is 73.8 Å². The van der Waals surface area contributed by atoms with Crippen molar-refractivity contribution in [1.29, 1.82) is 0 Å². The average molecular weight is 446 g/mol. The summed E-state index contributed by atoms with van der Waals surface area (Å²) in [6.07, 6.45) is 1.91. The van der Waals surface area contributed by atoms with Crippen molar-refractivity contribution in [2.45, 2.75) is 32.4 Å². The third-order valence-corrected chi connectivity index (χ3v) is 5.95. The summed E-state index contributed by atoms with van der Waals surface area (Å²) >= 11 is 0. The van der Waals surface area contributed by atoms with Crippen LogP contribution in [0, 0.1) is 6.92 Å².